The Labute approximate surface area is 140 Å². The number of rotatable bonds is 5. The second-order valence-electron chi connectivity index (χ2n) is 6.53. The molecule has 1 heteroatoms. The van der Waals surface area contributed by atoms with Crippen molar-refractivity contribution in [3.63, 3.8) is 0 Å². The van der Waals surface area contributed by atoms with Crippen LogP contribution < -0.4 is 15.9 Å². The van der Waals surface area contributed by atoms with Gasteiger partial charge in [0.15, 0.2) is 0 Å². The van der Waals surface area contributed by atoms with Gasteiger partial charge >= 0.3 is 140 Å². The zero-order valence-electron chi connectivity index (χ0n) is 14.0. The average Bonchev–Trinajstić information content (AvgIpc) is 2.64. The second kappa shape index (κ2) is 6.30. The first-order valence-corrected chi connectivity index (χ1v) is 11.2. The summed E-state index contributed by atoms with van der Waals surface area (Å²) in [5.74, 6) is 0. The number of benzene rings is 3. The van der Waals surface area contributed by atoms with Crippen LogP contribution in [0.5, 0.6) is 0 Å². The van der Waals surface area contributed by atoms with Crippen LogP contribution in [-0.4, -0.2) is 12.8 Å². The molecular weight excluding hydrogens is 295 g/mol. The molecule has 0 fully saturated rings. The molecule has 0 aliphatic rings. The van der Waals surface area contributed by atoms with Gasteiger partial charge in [0.2, 0.25) is 0 Å². The zero-order chi connectivity index (χ0) is 16.2. The summed E-state index contributed by atoms with van der Waals surface area (Å²) < 4.78 is 0. The van der Waals surface area contributed by atoms with Crippen molar-refractivity contribution < 1.29 is 0 Å². The molecule has 0 aliphatic heterocycles. The Kier molecular flexibility index (Phi) is 4.37. The zero-order valence-corrected chi connectivity index (χ0v) is 14.9. The van der Waals surface area contributed by atoms with Crippen molar-refractivity contribution in [2.45, 2.75) is 13.3 Å². The summed E-state index contributed by atoms with van der Waals surface area (Å²) in [5.41, 5.74) is 0. The van der Waals surface area contributed by atoms with Gasteiger partial charge in [-0.3, -0.25) is 0 Å². The second-order valence-corrected chi connectivity index (χ2v) is 12.1. The summed E-state index contributed by atoms with van der Waals surface area (Å²) in [6.45, 7) is 2.41. The molecule has 0 saturated carbocycles. The topological polar surface area (TPSA) is 0 Å². The monoisotopic (exact) mass is 320 g/mol. The van der Waals surface area contributed by atoms with Crippen LogP contribution >= 0.6 is 6.60 Å². The minimum atomic E-state index is -2.43. The molecule has 3 aromatic carbocycles. The van der Waals surface area contributed by atoms with Gasteiger partial charge in [-0.25, -0.2) is 0 Å². The minimum absolute atomic E-state index is 1.17. The van der Waals surface area contributed by atoms with Crippen molar-refractivity contribution in [2.75, 3.05) is 12.8 Å². The van der Waals surface area contributed by atoms with Crippen molar-refractivity contribution >= 4 is 22.5 Å². The Morgan fingerprint density at radius 2 is 0.870 bits per heavy atom. The van der Waals surface area contributed by atoms with E-state index in [4.69, 9.17) is 0 Å². The maximum atomic E-state index is 2.54. The summed E-state index contributed by atoms with van der Waals surface area (Å²) in [6, 6.07) is 33.4. The molecule has 0 aromatic heterocycles. The molecular formula is C22H25P. The van der Waals surface area contributed by atoms with Crippen molar-refractivity contribution in [1.29, 1.82) is 0 Å². The molecule has 0 N–H and O–H groups in total. The van der Waals surface area contributed by atoms with Crippen LogP contribution in [0.25, 0.3) is 0 Å². The maximum absolute atomic E-state index is 2.54. The molecule has 0 heterocycles. The van der Waals surface area contributed by atoms with Crippen LogP contribution in [0.15, 0.2) is 91.0 Å². The first-order valence-electron chi connectivity index (χ1n) is 8.37. The molecule has 23 heavy (non-hydrogen) atoms. The Bertz CT molecular complexity index is 648. The number of hydrogen-bond donors (Lipinski definition) is 0. The Morgan fingerprint density at radius 3 is 1.13 bits per heavy atom. The van der Waals surface area contributed by atoms with Gasteiger partial charge in [-0.2, -0.15) is 0 Å². The molecule has 0 aliphatic carbocycles. The fraction of sp³-hybridized carbons (Fsp3) is 0.182. The van der Waals surface area contributed by atoms with E-state index in [2.05, 4.69) is 105 Å². The third kappa shape index (κ3) is 2.52. The van der Waals surface area contributed by atoms with E-state index in [0.29, 0.717) is 0 Å². The van der Waals surface area contributed by atoms with Crippen LogP contribution in [0.4, 0.5) is 0 Å². The summed E-state index contributed by atoms with van der Waals surface area (Å²) >= 11 is 0. The molecule has 0 amide bonds. The fourth-order valence-electron chi connectivity index (χ4n) is 3.89. The summed E-state index contributed by atoms with van der Waals surface area (Å²) in [5, 5.41) is 4.45. The van der Waals surface area contributed by atoms with Gasteiger partial charge in [0.25, 0.3) is 0 Å². The molecule has 0 nitrogen and oxygen atoms in total. The van der Waals surface area contributed by atoms with Crippen molar-refractivity contribution in [1.82, 2.24) is 0 Å². The molecule has 118 valence electrons. The molecule has 0 radical (unpaired) electrons. The van der Waals surface area contributed by atoms with Crippen molar-refractivity contribution in [2.24, 2.45) is 0 Å². The molecule has 3 rings (SSSR count). The van der Waals surface area contributed by atoms with Gasteiger partial charge in [0.05, 0.1) is 0 Å². The van der Waals surface area contributed by atoms with E-state index in [1.807, 2.05) is 0 Å². The van der Waals surface area contributed by atoms with Gasteiger partial charge in [-0.05, 0) is 0 Å². The van der Waals surface area contributed by atoms with E-state index >= 15 is 0 Å². The standard InChI is InChI=1S/C22H25P/c1-3-19-23(2,20-13-7-4-8-14-20,21-15-9-5-10-16-21)22-17-11-6-12-18-22/h4-18H,3,19H2,1-2H3. The van der Waals surface area contributed by atoms with Gasteiger partial charge in [-0.1, -0.05) is 0 Å². The van der Waals surface area contributed by atoms with E-state index in [0.717, 1.165) is 0 Å². The number of hydrogen-bond acceptors (Lipinski definition) is 0. The summed E-state index contributed by atoms with van der Waals surface area (Å²) in [6.07, 6.45) is 2.37. The Morgan fingerprint density at radius 1 is 0.565 bits per heavy atom. The van der Waals surface area contributed by atoms with E-state index in [1.54, 1.807) is 0 Å². The third-order valence-electron chi connectivity index (χ3n) is 5.15. The molecule has 0 spiro atoms. The first kappa shape index (κ1) is 16.0. The normalized spacial score (nSPS) is 13.2. The molecule has 0 saturated heterocycles. The predicted octanol–water partition coefficient (Wildman–Crippen LogP) is 4.56. The van der Waals surface area contributed by atoms with Gasteiger partial charge in [-0.15, -0.1) is 0 Å². The Balaban J connectivity index is 2.41. The van der Waals surface area contributed by atoms with E-state index < -0.39 is 6.60 Å². The van der Waals surface area contributed by atoms with Crippen molar-refractivity contribution in [3.8, 4) is 0 Å². The van der Waals surface area contributed by atoms with Crippen LogP contribution in [0.2, 0.25) is 0 Å². The van der Waals surface area contributed by atoms with Gasteiger partial charge in [0.1, 0.15) is 0 Å². The SMILES string of the molecule is CCCP(C)(c1ccccc1)(c1ccccc1)c1ccccc1. The van der Waals surface area contributed by atoms with Gasteiger partial charge in [0, 0.05) is 0 Å². The van der Waals surface area contributed by atoms with E-state index in [1.165, 1.54) is 28.5 Å². The Hall–Kier alpha value is -1.91. The van der Waals surface area contributed by atoms with Crippen LogP contribution in [0.3, 0.4) is 0 Å². The fourth-order valence-corrected chi connectivity index (χ4v) is 9.61. The molecule has 0 atom stereocenters. The summed E-state index contributed by atoms with van der Waals surface area (Å²) in [4.78, 5) is 0. The van der Waals surface area contributed by atoms with E-state index in [-0.39, 0.29) is 0 Å². The molecule has 0 unspecified atom stereocenters. The van der Waals surface area contributed by atoms with Crippen LogP contribution in [0.1, 0.15) is 13.3 Å². The third-order valence-corrected chi connectivity index (χ3v) is 11.8. The predicted molar refractivity (Wildman–Crippen MR) is 106 cm³/mol. The van der Waals surface area contributed by atoms with Crippen molar-refractivity contribution in [3.05, 3.63) is 91.0 Å². The van der Waals surface area contributed by atoms with E-state index in [9.17, 15) is 0 Å². The van der Waals surface area contributed by atoms with Crippen LogP contribution in [-0.2, 0) is 0 Å². The van der Waals surface area contributed by atoms with Crippen LogP contribution in [0, 0.1) is 0 Å². The quantitative estimate of drug-likeness (QED) is 0.605. The average molecular weight is 320 g/mol. The molecule has 3 aromatic rings. The summed E-state index contributed by atoms with van der Waals surface area (Å²) in [7, 11) is 0. The molecule has 0 bridgehead atoms. The van der Waals surface area contributed by atoms with Gasteiger partial charge < -0.3 is 0 Å². The first-order chi connectivity index (χ1) is 11.2.